The summed E-state index contributed by atoms with van der Waals surface area (Å²) in [4.78, 5) is 26.6. The van der Waals surface area contributed by atoms with E-state index in [1.807, 2.05) is 0 Å². The van der Waals surface area contributed by atoms with Crippen molar-refractivity contribution in [3.05, 3.63) is 12.2 Å². The molecule has 0 aromatic rings. The van der Waals surface area contributed by atoms with Crippen molar-refractivity contribution in [2.45, 2.75) is 165 Å². The first-order valence-corrected chi connectivity index (χ1v) is 18.0. The molecule has 0 bridgehead atoms. The van der Waals surface area contributed by atoms with E-state index in [1.54, 1.807) is 40.7 Å². The maximum Gasteiger partial charge on any atom is 0.330 e. The molecule has 0 spiro atoms. The fraction of sp³-hybridized carbons (Fsp3) is 0.889. The maximum absolute atomic E-state index is 13.4. The van der Waals surface area contributed by atoms with Crippen molar-refractivity contribution in [1.82, 2.24) is 0 Å². The molecular weight excluding hydrogens is 672 g/mol. The van der Waals surface area contributed by atoms with Gasteiger partial charge in [0.15, 0.2) is 18.4 Å². The Balaban J connectivity index is 1.56. The summed E-state index contributed by atoms with van der Waals surface area (Å²) in [6, 6.07) is 0. The predicted molar refractivity (Wildman–Crippen MR) is 179 cm³/mol. The van der Waals surface area contributed by atoms with Crippen LogP contribution in [0.2, 0.25) is 0 Å². The normalized spacial score (nSPS) is 48.7. The predicted octanol–water partition coefficient (Wildman–Crippen LogP) is 0.779. The lowest BCUT2D eigenvalue weighted by Crippen LogP contribution is -2.63. The molecule has 15 heteroatoms. The molecule has 3 saturated heterocycles. The summed E-state index contributed by atoms with van der Waals surface area (Å²) in [5.41, 5.74) is -3.64. The number of hydrogen-bond donors (Lipinski definition) is 5. The number of ketones is 1. The van der Waals surface area contributed by atoms with Crippen LogP contribution in [-0.2, 0) is 47.5 Å². The van der Waals surface area contributed by atoms with Crippen molar-refractivity contribution in [2.24, 2.45) is 17.8 Å². The minimum Gasteiger partial charge on any atom is -0.459 e. The van der Waals surface area contributed by atoms with Gasteiger partial charge in [-0.1, -0.05) is 19.9 Å². The van der Waals surface area contributed by atoms with Gasteiger partial charge in [-0.25, -0.2) is 4.79 Å². The summed E-state index contributed by atoms with van der Waals surface area (Å²) in [6.07, 6.45) is -7.85. The summed E-state index contributed by atoms with van der Waals surface area (Å²) >= 11 is 0. The van der Waals surface area contributed by atoms with Crippen LogP contribution in [0.1, 0.15) is 74.1 Å². The van der Waals surface area contributed by atoms with Crippen LogP contribution in [0.5, 0.6) is 0 Å². The fourth-order valence-corrected chi connectivity index (χ4v) is 7.78. The smallest absolute Gasteiger partial charge is 0.330 e. The standard InChI is InChI=1S/C36H60O15/c1-17-10-13-26(39)48-20(4)23(16-46-33-31(45-9)30(44-8)27(40)21(5)49-33)29-24(50-29)11-12-25(38)35(7,42)14-18(2)28(17)51-34-32(41)36(43,22(6)37)15-19(3)47-34/h10,13,17-24,27-34,37,40-43H,11-12,14-16H2,1-9H3/b13-10-/t17-,18-,19+,20+,21+,22-,23+,24-,27+,28+,29-,30+,31+,32-,33+,34-,35-,36-/m0/s1. The second kappa shape index (κ2) is 17.2. The van der Waals surface area contributed by atoms with Gasteiger partial charge in [0.25, 0.3) is 0 Å². The third-order valence-electron chi connectivity index (χ3n) is 11.1. The highest BCUT2D eigenvalue weighted by Crippen LogP contribution is 2.39. The highest BCUT2D eigenvalue weighted by atomic mass is 16.7. The zero-order valence-electron chi connectivity index (χ0n) is 31.2. The first-order valence-electron chi connectivity index (χ1n) is 18.0. The maximum atomic E-state index is 13.4. The molecule has 0 amide bonds. The molecule has 51 heavy (non-hydrogen) atoms. The van der Waals surface area contributed by atoms with Crippen LogP contribution < -0.4 is 0 Å². The minimum atomic E-state index is -1.90. The number of ether oxygens (including phenoxy) is 8. The molecule has 0 aliphatic carbocycles. The van der Waals surface area contributed by atoms with Crippen LogP contribution in [0.15, 0.2) is 12.2 Å². The lowest BCUT2D eigenvalue weighted by Gasteiger charge is -2.47. The van der Waals surface area contributed by atoms with E-state index in [1.165, 1.54) is 34.1 Å². The van der Waals surface area contributed by atoms with E-state index >= 15 is 0 Å². The van der Waals surface area contributed by atoms with Crippen molar-refractivity contribution < 1.29 is 73.0 Å². The Morgan fingerprint density at radius 3 is 2.22 bits per heavy atom. The number of aliphatic hydroxyl groups is 5. The molecule has 4 rings (SSSR count). The van der Waals surface area contributed by atoms with E-state index in [0.717, 1.165) is 0 Å². The van der Waals surface area contributed by atoms with Gasteiger partial charge in [0.1, 0.15) is 41.7 Å². The molecule has 0 saturated carbocycles. The zero-order chi connectivity index (χ0) is 38.0. The third kappa shape index (κ3) is 9.75. The number of epoxide rings is 1. The van der Waals surface area contributed by atoms with Crippen LogP contribution in [0.4, 0.5) is 0 Å². The molecule has 294 valence electrons. The Labute approximate surface area is 300 Å². The van der Waals surface area contributed by atoms with E-state index in [9.17, 15) is 35.1 Å². The second-order valence-electron chi connectivity index (χ2n) is 15.2. The van der Waals surface area contributed by atoms with Gasteiger partial charge in [-0.3, -0.25) is 4.79 Å². The number of carbonyl (C=O) groups excluding carboxylic acids is 2. The average Bonchev–Trinajstić information content (AvgIpc) is 3.82. The van der Waals surface area contributed by atoms with Crippen molar-refractivity contribution >= 4 is 11.8 Å². The Morgan fingerprint density at radius 2 is 1.59 bits per heavy atom. The molecule has 3 fully saturated rings. The van der Waals surface area contributed by atoms with E-state index in [-0.39, 0.29) is 37.8 Å². The Bertz CT molecular complexity index is 1200. The Hall–Kier alpha value is -1.60. The van der Waals surface area contributed by atoms with Gasteiger partial charge in [-0.05, 0) is 53.4 Å². The van der Waals surface area contributed by atoms with Gasteiger partial charge in [0, 0.05) is 45.0 Å². The molecule has 0 radical (unpaired) electrons. The van der Waals surface area contributed by atoms with E-state index < -0.39 is 109 Å². The van der Waals surface area contributed by atoms with Gasteiger partial charge in [-0.15, -0.1) is 0 Å². The van der Waals surface area contributed by atoms with Gasteiger partial charge in [0.05, 0.1) is 43.2 Å². The molecule has 0 aromatic carbocycles. The number of fused-ring (bicyclic) bond motifs is 1. The van der Waals surface area contributed by atoms with Gasteiger partial charge in [0.2, 0.25) is 0 Å². The number of Topliss-reactive ketones (excluding diaryl/α,β-unsaturated/α-hetero) is 1. The summed E-state index contributed by atoms with van der Waals surface area (Å²) in [7, 11) is 2.93. The largest absolute Gasteiger partial charge is 0.459 e. The number of aliphatic hydroxyl groups excluding tert-OH is 3. The third-order valence-corrected chi connectivity index (χ3v) is 11.1. The van der Waals surface area contributed by atoms with Crippen LogP contribution in [0, 0.1) is 17.8 Å². The highest BCUT2D eigenvalue weighted by Gasteiger charge is 2.53. The molecule has 4 aliphatic rings. The highest BCUT2D eigenvalue weighted by molar-refractivity contribution is 5.86. The first-order chi connectivity index (χ1) is 23.8. The topological polar surface area (TPSA) is 212 Å². The molecule has 0 aromatic heterocycles. The summed E-state index contributed by atoms with van der Waals surface area (Å²) in [5, 5.41) is 54.5. The van der Waals surface area contributed by atoms with E-state index in [4.69, 9.17) is 37.9 Å². The number of rotatable bonds is 8. The molecule has 15 nitrogen and oxygen atoms in total. The van der Waals surface area contributed by atoms with Crippen molar-refractivity contribution in [1.29, 1.82) is 0 Å². The number of methoxy groups -OCH3 is 2. The number of carbonyl (C=O) groups is 2. The summed E-state index contributed by atoms with van der Waals surface area (Å²) in [6.45, 7) is 11.5. The monoisotopic (exact) mass is 732 g/mol. The number of esters is 1. The van der Waals surface area contributed by atoms with E-state index in [2.05, 4.69) is 0 Å². The molecule has 0 unspecified atom stereocenters. The minimum absolute atomic E-state index is 0.0156. The van der Waals surface area contributed by atoms with Crippen LogP contribution in [0.25, 0.3) is 0 Å². The number of cyclic esters (lactones) is 1. The van der Waals surface area contributed by atoms with Crippen LogP contribution in [0.3, 0.4) is 0 Å². The summed E-state index contributed by atoms with van der Waals surface area (Å²) in [5.74, 6) is -2.54. The van der Waals surface area contributed by atoms with Crippen molar-refractivity contribution in [3.8, 4) is 0 Å². The fourth-order valence-electron chi connectivity index (χ4n) is 7.78. The lowest BCUT2D eigenvalue weighted by atomic mass is 9.80. The van der Waals surface area contributed by atoms with Gasteiger partial charge >= 0.3 is 5.97 Å². The number of hydrogen-bond acceptors (Lipinski definition) is 15. The average molecular weight is 733 g/mol. The van der Waals surface area contributed by atoms with Crippen molar-refractivity contribution in [3.63, 3.8) is 0 Å². The molecular formula is C36H60O15. The van der Waals surface area contributed by atoms with Gasteiger partial charge < -0.3 is 63.4 Å². The quantitative estimate of drug-likeness (QED) is 0.172. The van der Waals surface area contributed by atoms with Crippen molar-refractivity contribution in [2.75, 3.05) is 20.8 Å². The first kappa shape index (κ1) is 42.1. The molecule has 18 atom stereocenters. The van der Waals surface area contributed by atoms with Crippen LogP contribution in [-0.4, -0.2) is 149 Å². The second-order valence-corrected chi connectivity index (χ2v) is 15.2. The Morgan fingerprint density at radius 1 is 0.922 bits per heavy atom. The SMILES string of the molecule is CO[C@@H]1[C@H](O)[C@@H](C)O[C@@H](OC[C@H]2[C@@H]3O[C@H]3CCC(=O)[C@@](C)(O)C[C@H](C)[C@H](O[C@@H]3O[C@H](C)C[C@](O)([C@H](C)O)[C@H]3O)[C@@H](C)/C=C\C(=O)O[C@@H]2C)[C@@H]1OC. The molecule has 4 aliphatic heterocycles. The lowest BCUT2D eigenvalue weighted by molar-refractivity contribution is -0.322. The Kier molecular flexibility index (Phi) is 14.3. The van der Waals surface area contributed by atoms with E-state index in [0.29, 0.717) is 6.42 Å². The molecule has 4 heterocycles. The van der Waals surface area contributed by atoms with Crippen LogP contribution >= 0.6 is 0 Å². The summed E-state index contributed by atoms with van der Waals surface area (Å²) < 4.78 is 47.1. The van der Waals surface area contributed by atoms with Gasteiger partial charge in [-0.2, -0.15) is 0 Å². The zero-order valence-corrected chi connectivity index (χ0v) is 31.2. The molecule has 5 N–H and O–H groups in total.